The van der Waals surface area contributed by atoms with Crippen LogP contribution in [-0.2, 0) is 0 Å². The first kappa shape index (κ1) is 9.73. The maximum atomic E-state index is 8.75. The van der Waals surface area contributed by atoms with Gasteiger partial charge >= 0.3 is 0 Å². The number of halogens is 1. The summed E-state index contributed by atoms with van der Waals surface area (Å²) >= 11 is 3.55. The standard InChI is InChI=1S/C12H12BrN/c13-12-7-9(8-14)5-6-11(12)10-3-1-2-4-10/h5-7,10H,1-4H2. The van der Waals surface area contributed by atoms with E-state index in [1.807, 2.05) is 12.1 Å². The molecule has 1 nitrogen and oxygen atoms in total. The summed E-state index contributed by atoms with van der Waals surface area (Å²) < 4.78 is 1.10. The summed E-state index contributed by atoms with van der Waals surface area (Å²) in [6.45, 7) is 0. The molecule has 72 valence electrons. The molecular weight excluding hydrogens is 238 g/mol. The summed E-state index contributed by atoms with van der Waals surface area (Å²) in [5, 5.41) is 8.75. The minimum atomic E-state index is 0.706. The Morgan fingerprint density at radius 2 is 2.00 bits per heavy atom. The predicted molar refractivity (Wildman–Crippen MR) is 60.1 cm³/mol. The normalized spacial score (nSPS) is 16.9. The van der Waals surface area contributed by atoms with E-state index in [2.05, 4.69) is 28.1 Å². The molecule has 0 heterocycles. The van der Waals surface area contributed by atoms with Crippen molar-refractivity contribution >= 4 is 15.9 Å². The third kappa shape index (κ3) is 1.83. The number of hydrogen-bond donors (Lipinski definition) is 0. The van der Waals surface area contributed by atoms with Crippen molar-refractivity contribution in [2.75, 3.05) is 0 Å². The van der Waals surface area contributed by atoms with Crippen LogP contribution in [0.1, 0.15) is 42.7 Å². The fourth-order valence-electron chi connectivity index (χ4n) is 2.16. The van der Waals surface area contributed by atoms with Gasteiger partial charge < -0.3 is 0 Å². The van der Waals surface area contributed by atoms with Crippen molar-refractivity contribution in [1.29, 1.82) is 5.26 Å². The molecule has 0 aromatic heterocycles. The number of nitriles is 1. The first-order valence-electron chi connectivity index (χ1n) is 5.01. The second kappa shape index (κ2) is 4.14. The summed E-state index contributed by atoms with van der Waals surface area (Å²) in [4.78, 5) is 0. The Kier molecular flexibility index (Phi) is 2.88. The molecule has 1 aromatic rings. The highest BCUT2D eigenvalue weighted by atomic mass is 79.9. The SMILES string of the molecule is N#Cc1ccc(C2CCCC2)c(Br)c1. The molecule has 1 saturated carbocycles. The van der Waals surface area contributed by atoms with Gasteiger partial charge in [-0.2, -0.15) is 5.26 Å². The molecule has 0 unspecified atom stereocenters. The van der Waals surface area contributed by atoms with Gasteiger partial charge in [0.1, 0.15) is 0 Å². The molecule has 2 rings (SSSR count). The van der Waals surface area contributed by atoms with E-state index in [1.165, 1.54) is 31.2 Å². The van der Waals surface area contributed by atoms with Gasteiger partial charge in [-0.3, -0.25) is 0 Å². The van der Waals surface area contributed by atoms with Crippen molar-refractivity contribution in [3.05, 3.63) is 33.8 Å². The lowest BCUT2D eigenvalue weighted by molar-refractivity contribution is 0.719. The lowest BCUT2D eigenvalue weighted by Crippen LogP contribution is -1.93. The first-order chi connectivity index (χ1) is 6.81. The van der Waals surface area contributed by atoms with Crippen molar-refractivity contribution in [2.45, 2.75) is 31.6 Å². The van der Waals surface area contributed by atoms with Gasteiger partial charge in [0, 0.05) is 4.47 Å². The van der Waals surface area contributed by atoms with Gasteiger partial charge in [0.15, 0.2) is 0 Å². The summed E-state index contributed by atoms with van der Waals surface area (Å²) in [5.74, 6) is 0.706. The van der Waals surface area contributed by atoms with Crippen LogP contribution in [0, 0.1) is 11.3 Å². The second-order valence-corrected chi connectivity index (χ2v) is 4.68. The monoisotopic (exact) mass is 249 g/mol. The maximum Gasteiger partial charge on any atom is 0.0992 e. The molecule has 0 atom stereocenters. The lowest BCUT2D eigenvalue weighted by atomic mass is 9.97. The molecule has 0 saturated heterocycles. The predicted octanol–water partition coefficient (Wildman–Crippen LogP) is 3.98. The van der Waals surface area contributed by atoms with E-state index < -0.39 is 0 Å². The lowest BCUT2D eigenvalue weighted by Gasteiger charge is -2.11. The van der Waals surface area contributed by atoms with Crippen LogP contribution in [0.5, 0.6) is 0 Å². The van der Waals surface area contributed by atoms with Gasteiger partial charge in [0.05, 0.1) is 11.6 Å². The molecule has 1 aromatic carbocycles. The van der Waals surface area contributed by atoms with E-state index in [0.29, 0.717) is 5.92 Å². The Bertz CT molecular complexity index is 372. The summed E-state index contributed by atoms with van der Waals surface area (Å²) in [6, 6.07) is 8.09. The van der Waals surface area contributed by atoms with Crippen molar-refractivity contribution < 1.29 is 0 Å². The molecule has 0 spiro atoms. The molecule has 1 fully saturated rings. The Labute approximate surface area is 92.9 Å². The molecule has 0 aliphatic heterocycles. The van der Waals surface area contributed by atoms with E-state index in [9.17, 15) is 0 Å². The summed E-state index contributed by atoms with van der Waals surface area (Å²) in [7, 11) is 0. The van der Waals surface area contributed by atoms with Gasteiger partial charge in [-0.15, -0.1) is 0 Å². The van der Waals surface area contributed by atoms with Crippen molar-refractivity contribution in [3.8, 4) is 6.07 Å². The van der Waals surface area contributed by atoms with Crippen LogP contribution >= 0.6 is 15.9 Å². The Hall–Kier alpha value is -0.810. The van der Waals surface area contributed by atoms with Gasteiger partial charge in [-0.1, -0.05) is 34.8 Å². The van der Waals surface area contributed by atoms with Gasteiger partial charge in [0.25, 0.3) is 0 Å². The first-order valence-corrected chi connectivity index (χ1v) is 5.80. The van der Waals surface area contributed by atoms with Crippen molar-refractivity contribution in [2.24, 2.45) is 0 Å². The fourth-order valence-corrected chi connectivity index (χ4v) is 2.87. The number of hydrogen-bond acceptors (Lipinski definition) is 1. The van der Waals surface area contributed by atoms with Crippen LogP contribution in [0.25, 0.3) is 0 Å². The van der Waals surface area contributed by atoms with E-state index in [4.69, 9.17) is 5.26 Å². The van der Waals surface area contributed by atoms with Crippen LogP contribution in [0.15, 0.2) is 22.7 Å². The molecule has 0 radical (unpaired) electrons. The van der Waals surface area contributed by atoms with E-state index in [0.717, 1.165) is 10.0 Å². The molecule has 1 aliphatic carbocycles. The molecule has 0 amide bonds. The molecule has 0 N–H and O–H groups in total. The average Bonchev–Trinajstić information content (AvgIpc) is 2.70. The van der Waals surface area contributed by atoms with Crippen LogP contribution in [0.4, 0.5) is 0 Å². The minimum absolute atomic E-state index is 0.706. The van der Waals surface area contributed by atoms with Crippen LogP contribution in [0.3, 0.4) is 0 Å². The Morgan fingerprint density at radius 3 is 2.57 bits per heavy atom. The largest absolute Gasteiger partial charge is 0.192 e. The van der Waals surface area contributed by atoms with Crippen LogP contribution in [-0.4, -0.2) is 0 Å². The number of nitrogens with zero attached hydrogens (tertiary/aromatic N) is 1. The summed E-state index contributed by atoms with van der Waals surface area (Å²) in [5.41, 5.74) is 2.11. The zero-order valence-electron chi connectivity index (χ0n) is 7.96. The number of rotatable bonds is 1. The molecule has 1 aliphatic rings. The molecule has 0 bridgehead atoms. The minimum Gasteiger partial charge on any atom is -0.192 e. The smallest absolute Gasteiger partial charge is 0.0992 e. The van der Waals surface area contributed by atoms with Crippen molar-refractivity contribution in [1.82, 2.24) is 0 Å². The zero-order chi connectivity index (χ0) is 9.97. The van der Waals surface area contributed by atoms with Gasteiger partial charge in [-0.05, 0) is 36.5 Å². The molecule has 14 heavy (non-hydrogen) atoms. The van der Waals surface area contributed by atoms with Crippen LogP contribution < -0.4 is 0 Å². The van der Waals surface area contributed by atoms with E-state index in [1.54, 1.807) is 0 Å². The topological polar surface area (TPSA) is 23.8 Å². The van der Waals surface area contributed by atoms with Crippen molar-refractivity contribution in [3.63, 3.8) is 0 Å². The quantitative estimate of drug-likeness (QED) is 0.739. The molecule has 2 heteroatoms. The highest BCUT2D eigenvalue weighted by Crippen LogP contribution is 2.37. The molecular formula is C12H12BrN. The highest BCUT2D eigenvalue weighted by molar-refractivity contribution is 9.10. The highest BCUT2D eigenvalue weighted by Gasteiger charge is 2.19. The zero-order valence-corrected chi connectivity index (χ0v) is 9.55. The number of benzene rings is 1. The summed E-state index contributed by atoms with van der Waals surface area (Å²) in [6.07, 6.45) is 5.28. The maximum absolute atomic E-state index is 8.75. The van der Waals surface area contributed by atoms with Crippen LogP contribution in [0.2, 0.25) is 0 Å². The Morgan fingerprint density at radius 1 is 1.29 bits per heavy atom. The van der Waals surface area contributed by atoms with E-state index >= 15 is 0 Å². The Balaban J connectivity index is 2.30. The average molecular weight is 250 g/mol. The van der Waals surface area contributed by atoms with Gasteiger partial charge in [-0.25, -0.2) is 0 Å². The third-order valence-electron chi connectivity index (χ3n) is 2.92. The van der Waals surface area contributed by atoms with Gasteiger partial charge in [0.2, 0.25) is 0 Å². The fraction of sp³-hybridized carbons (Fsp3) is 0.417. The third-order valence-corrected chi connectivity index (χ3v) is 3.61. The van der Waals surface area contributed by atoms with E-state index in [-0.39, 0.29) is 0 Å². The second-order valence-electron chi connectivity index (χ2n) is 3.83.